The van der Waals surface area contributed by atoms with Crippen LogP contribution in [0, 0.1) is 11.8 Å². The molecule has 0 bridgehead atoms. The lowest BCUT2D eigenvalue weighted by Gasteiger charge is -2.28. The molecule has 1 heterocycles. The van der Waals surface area contributed by atoms with E-state index in [-0.39, 0.29) is 30.2 Å². The summed E-state index contributed by atoms with van der Waals surface area (Å²) in [6.07, 6.45) is 6.43. The lowest BCUT2D eigenvalue weighted by atomic mass is 9.81. The molecule has 1 unspecified atom stereocenters. The molecule has 7 heteroatoms. The topological polar surface area (TPSA) is 127 Å². The van der Waals surface area contributed by atoms with Crippen LogP contribution < -0.4 is 16.8 Å². The Bertz CT molecular complexity index is 1100. The van der Waals surface area contributed by atoms with Gasteiger partial charge in [0.05, 0.1) is 18.2 Å². The molecule has 1 aliphatic rings. The molecule has 4 rings (SSSR count). The minimum atomic E-state index is -0.369. The van der Waals surface area contributed by atoms with Crippen LogP contribution in [0.5, 0.6) is 0 Å². The van der Waals surface area contributed by atoms with Gasteiger partial charge in [-0.1, -0.05) is 48.5 Å². The van der Waals surface area contributed by atoms with Crippen LogP contribution in [0.1, 0.15) is 48.7 Å². The lowest BCUT2D eigenvalue weighted by Crippen LogP contribution is -2.37. The Morgan fingerprint density at radius 1 is 1.03 bits per heavy atom. The van der Waals surface area contributed by atoms with Crippen molar-refractivity contribution in [1.82, 2.24) is 15.3 Å². The quantitative estimate of drug-likeness (QED) is 0.392. The van der Waals surface area contributed by atoms with Crippen molar-refractivity contribution in [3.63, 3.8) is 0 Å². The molecule has 178 valence electrons. The average Bonchev–Trinajstić information content (AvgIpc) is 3.34. The van der Waals surface area contributed by atoms with E-state index in [0.717, 1.165) is 48.1 Å². The van der Waals surface area contributed by atoms with Crippen molar-refractivity contribution in [3.8, 4) is 11.3 Å². The molecular weight excluding hydrogens is 426 g/mol. The Kier molecular flexibility index (Phi) is 7.75. The van der Waals surface area contributed by atoms with Crippen molar-refractivity contribution < 1.29 is 9.59 Å². The van der Waals surface area contributed by atoms with Gasteiger partial charge in [0.2, 0.25) is 11.8 Å². The largest absolute Gasteiger partial charge is 0.369 e. The minimum Gasteiger partial charge on any atom is -0.369 e. The second-order valence-electron chi connectivity index (χ2n) is 9.22. The maximum atomic E-state index is 13.2. The summed E-state index contributed by atoms with van der Waals surface area (Å²) < 4.78 is 0. The normalized spacial score (nSPS) is 18.9. The highest BCUT2D eigenvalue weighted by Gasteiger charge is 2.28. The highest BCUT2D eigenvalue weighted by Crippen LogP contribution is 2.29. The van der Waals surface area contributed by atoms with Crippen molar-refractivity contribution in [3.05, 3.63) is 77.7 Å². The predicted molar refractivity (Wildman–Crippen MR) is 132 cm³/mol. The molecular formula is C27H33N5O2. The first-order valence-electron chi connectivity index (χ1n) is 12.0. The highest BCUT2D eigenvalue weighted by atomic mass is 16.2. The SMILES string of the molecule is NCC1CCC(C(=O)NC(Cc2ccccc2)c2nc(-c3cccc(CC(N)=O)c3)c[nH]2)CC1. The summed E-state index contributed by atoms with van der Waals surface area (Å²) in [6, 6.07) is 17.5. The number of carbonyl (C=O) groups excluding carboxylic acids is 2. The molecule has 0 spiro atoms. The van der Waals surface area contributed by atoms with E-state index in [4.69, 9.17) is 16.5 Å². The number of imidazole rings is 1. The van der Waals surface area contributed by atoms with Crippen LogP contribution in [-0.4, -0.2) is 28.3 Å². The average molecular weight is 460 g/mol. The summed E-state index contributed by atoms with van der Waals surface area (Å²) in [6.45, 7) is 0.695. The molecule has 2 aromatic carbocycles. The summed E-state index contributed by atoms with van der Waals surface area (Å²) >= 11 is 0. The zero-order valence-corrected chi connectivity index (χ0v) is 19.4. The number of hydrogen-bond acceptors (Lipinski definition) is 4. The lowest BCUT2D eigenvalue weighted by molar-refractivity contribution is -0.127. The second-order valence-corrected chi connectivity index (χ2v) is 9.22. The smallest absolute Gasteiger partial charge is 0.223 e. The van der Waals surface area contributed by atoms with Crippen molar-refractivity contribution in [1.29, 1.82) is 0 Å². The fourth-order valence-electron chi connectivity index (χ4n) is 4.72. The zero-order valence-electron chi connectivity index (χ0n) is 19.4. The number of rotatable bonds is 9. The summed E-state index contributed by atoms with van der Waals surface area (Å²) in [4.78, 5) is 32.6. The number of aromatic nitrogens is 2. The molecule has 1 atom stereocenters. The Morgan fingerprint density at radius 2 is 1.76 bits per heavy atom. The van der Waals surface area contributed by atoms with Crippen molar-refractivity contribution >= 4 is 11.8 Å². The third-order valence-corrected chi connectivity index (χ3v) is 6.68. The van der Waals surface area contributed by atoms with E-state index in [0.29, 0.717) is 24.7 Å². The van der Waals surface area contributed by atoms with E-state index in [1.165, 1.54) is 0 Å². The van der Waals surface area contributed by atoms with Gasteiger partial charge in [-0.3, -0.25) is 9.59 Å². The number of nitrogens with two attached hydrogens (primary N) is 2. The zero-order chi connectivity index (χ0) is 23.9. The van der Waals surface area contributed by atoms with E-state index in [9.17, 15) is 9.59 Å². The third kappa shape index (κ3) is 6.11. The molecule has 2 amide bonds. The summed E-state index contributed by atoms with van der Waals surface area (Å²) in [5.74, 6) is 0.968. The van der Waals surface area contributed by atoms with Gasteiger partial charge in [-0.2, -0.15) is 0 Å². The standard InChI is InChI=1S/C27H33N5O2/c28-16-19-9-11-21(12-10-19)27(34)32-23(14-18-5-2-1-3-6-18)26-30-17-24(31-26)22-8-4-7-20(13-22)15-25(29)33/h1-8,13,17,19,21,23H,9-12,14-16,28H2,(H2,29,33)(H,30,31)(H,32,34). The Morgan fingerprint density at radius 3 is 2.47 bits per heavy atom. The first-order chi connectivity index (χ1) is 16.5. The fourth-order valence-corrected chi connectivity index (χ4v) is 4.72. The number of amides is 2. The Labute approximate surface area is 200 Å². The molecule has 0 aliphatic heterocycles. The molecule has 0 radical (unpaired) electrons. The number of hydrogen-bond donors (Lipinski definition) is 4. The molecule has 3 aromatic rings. The van der Waals surface area contributed by atoms with Gasteiger partial charge < -0.3 is 21.8 Å². The molecule has 6 N–H and O–H groups in total. The number of H-pyrrole nitrogens is 1. The van der Waals surface area contributed by atoms with Gasteiger partial charge >= 0.3 is 0 Å². The van der Waals surface area contributed by atoms with E-state index in [1.54, 1.807) is 0 Å². The molecule has 0 saturated heterocycles. The number of nitrogens with zero attached hydrogens (tertiary/aromatic N) is 1. The second kappa shape index (κ2) is 11.1. The van der Waals surface area contributed by atoms with Gasteiger partial charge in [0.15, 0.2) is 0 Å². The minimum absolute atomic E-state index is 0.0148. The Hall–Kier alpha value is -3.45. The van der Waals surface area contributed by atoms with Crippen LogP contribution in [0.2, 0.25) is 0 Å². The van der Waals surface area contributed by atoms with Gasteiger partial charge in [-0.05, 0) is 61.8 Å². The molecule has 1 aromatic heterocycles. The van der Waals surface area contributed by atoms with Crippen molar-refractivity contribution in [2.45, 2.75) is 44.6 Å². The molecule has 1 aliphatic carbocycles. The number of aromatic amines is 1. The van der Waals surface area contributed by atoms with Gasteiger partial charge in [0, 0.05) is 17.7 Å². The molecule has 1 saturated carbocycles. The van der Waals surface area contributed by atoms with E-state index in [1.807, 2.05) is 48.7 Å². The number of nitrogens with one attached hydrogen (secondary N) is 2. The monoisotopic (exact) mass is 459 g/mol. The number of primary amides is 1. The maximum Gasteiger partial charge on any atom is 0.223 e. The van der Waals surface area contributed by atoms with E-state index in [2.05, 4.69) is 22.4 Å². The third-order valence-electron chi connectivity index (χ3n) is 6.68. The first kappa shape index (κ1) is 23.7. The summed E-state index contributed by atoms with van der Waals surface area (Å²) in [5.41, 5.74) is 14.8. The van der Waals surface area contributed by atoms with Gasteiger partial charge in [0.25, 0.3) is 0 Å². The van der Waals surface area contributed by atoms with Crippen LogP contribution in [0.15, 0.2) is 60.8 Å². The molecule has 7 nitrogen and oxygen atoms in total. The fraction of sp³-hybridized carbons (Fsp3) is 0.370. The van der Waals surface area contributed by atoms with E-state index >= 15 is 0 Å². The first-order valence-corrected chi connectivity index (χ1v) is 12.0. The van der Waals surface area contributed by atoms with Crippen molar-refractivity contribution in [2.75, 3.05) is 6.54 Å². The van der Waals surface area contributed by atoms with Gasteiger partial charge in [-0.15, -0.1) is 0 Å². The molecule has 34 heavy (non-hydrogen) atoms. The van der Waals surface area contributed by atoms with Gasteiger partial charge in [0.1, 0.15) is 5.82 Å². The van der Waals surface area contributed by atoms with Crippen LogP contribution in [-0.2, 0) is 22.4 Å². The molecule has 1 fully saturated rings. The number of carbonyl (C=O) groups is 2. The van der Waals surface area contributed by atoms with Crippen LogP contribution >= 0.6 is 0 Å². The van der Waals surface area contributed by atoms with Gasteiger partial charge in [-0.25, -0.2) is 4.98 Å². The van der Waals surface area contributed by atoms with E-state index < -0.39 is 0 Å². The highest BCUT2D eigenvalue weighted by molar-refractivity contribution is 5.79. The summed E-state index contributed by atoms with van der Waals surface area (Å²) in [7, 11) is 0. The Balaban J connectivity index is 1.53. The van der Waals surface area contributed by atoms with Crippen LogP contribution in [0.3, 0.4) is 0 Å². The predicted octanol–water partition coefficient (Wildman–Crippen LogP) is 3.27. The van der Waals surface area contributed by atoms with Crippen LogP contribution in [0.4, 0.5) is 0 Å². The van der Waals surface area contributed by atoms with Crippen molar-refractivity contribution in [2.24, 2.45) is 23.3 Å². The number of benzene rings is 2. The summed E-state index contributed by atoms with van der Waals surface area (Å²) in [5, 5.41) is 3.26. The maximum absolute atomic E-state index is 13.2. The van der Waals surface area contributed by atoms with Crippen LogP contribution in [0.25, 0.3) is 11.3 Å².